The Morgan fingerprint density at radius 3 is 2.53 bits per heavy atom. The van der Waals surface area contributed by atoms with Crippen LogP contribution in [0.25, 0.3) is 0 Å². The molecule has 0 spiro atoms. The normalized spacial score (nSPS) is 15.6. The van der Waals surface area contributed by atoms with E-state index >= 15 is 0 Å². The Morgan fingerprint density at radius 2 is 1.92 bits per heavy atom. The molecule has 0 N–H and O–H groups in total. The minimum atomic E-state index is -0.302. The summed E-state index contributed by atoms with van der Waals surface area (Å²) in [6, 6.07) is 12.4. The van der Waals surface area contributed by atoms with Gasteiger partial charge in [0.2, 0.25) is 0 Å². The summed E-state index contributed by atoms with van der Waals surface area (Å²) >= 11 is 0. The molecule has 3 rings (SSSR count). The maximum Gasteiger partial charge on any atom is 0.342 e. The van der Waals surface area contributed by atoms with Gasteiger partial charge in [-0.2, -0.15) is 0 Å². The van der Waals surface area contributed by atoms with Crippen LogP contribution in [-0.4, -0.2) is 54.2 Å². The van der Waals surface area contributed by atoms with Crippen molar-refractivity contribution in [3.8, 4) is 0 Å². The van der Waals surface area contributed by atoms with Crippen LogP contribution in [-0.2, 0) is 16.1 Å². The molecule has 1 atom stereocenters. The number of likely N-dealkylation sites (N-methyl/N-ethyl adjacent to an activating group) is 1. The van der Waals surface area contributed by atoms with E-state index in [0.717, 1.165) is 61.7 Å². The summed E-state index contributed by atoms with van der Waals surface area (Å²) in [7, 11) is 0. The second-order valence-electron chi connectivity index (χ2n) is 9.53. The Hall–Kier alpha value is -3.12. The highest BCUT2D eigenvalue weighted by Gasteiger charge is 2.31. The van der Waals surface area contributed by atoms with Crippen molar-refractivity contribution in [1.82, 2.24) is 9.88 Å². The van der Waals surface area contributed by atoms with Crippen molar-refractivity contribution in [1.29, 1.82) is 0 Å². The van der Waals surface area contributed by atoms with E-state index in [4.69, 9.17) is 9.47 Å². The Kier molecular flexibility index (Phi) is 13.1. The average molecular weight is 522 g/mol. The van der Waals surface area contributed by atoms with E-state index in [1.807, 2.05) is 65.0 Å². The number of anilines is 1. The van der Waals surface area contributed by atoms with Gasteiger partial charge in [0.05, 0.1) is 6.10 Å². The van der Waals surface area contributed by atoms with E-state index in [1.54, 1.807) is 6.20 Å². The SMILES string of the molecule is C=C/C(OCc1ccccc1)=C(\CC)CN(CC)C1CCN(c2nccc(C)c2C(=O)OC(C)C)C1.CC. The van der Waals surface area contributed by atoms with Crippen molar-refractivity contribution in [2.45, 2.75) is 80.1 Å². The number of benzene rings is 1. The molecule has 1 aromatic carbocycles. The third-order valence-corrected chi connectivity index (χ3v) is 6.66. The number of nitrogens with zero attached hydrogens (tertiary/aromatic N) is 3. The zero-order valence-corrected chi connectivity index (χ0v) is 24.5. The third kappa shape index (κ3) is 8.45. The fourth-order valence-electron chi connectivity index (χ4n) is 4.69. The van der Waals surface area contributed by atoms with E-state index in [2.05, 4.69) is 47.3 Å². The van der Waals surface area contributed by atoms with E-state index in [1.165, 1.54) is 5.57 Å². The molecule has 2 heterocycles. The molecule has 1 unspecified atom stereocenters. The van der Waals surface area contributed by atoms with Crippen LogP contribution >= 0.6 is 0 Å². The van der Waals surface area contributed by atoms with Gasteiger partial charge < -0.3 is 14.4 Å². The number of ether oxygens (including phenoxy) is 2. The number of carbonyl (C=O) groups excluding carboxylic acids is 1. The molecular formula is C32H47N3O3. The average Bonchev–Trinajstić information content (AvgIpc) is 3.41. The Balaban J connectivity index is 0.00000247. The molecule has 1 fully saturated rings. The van der Waals surface area contributed by atoms with Crippen LogP contribution in [0, 0.1) is 6.92 Å². The summed E-state index contributed by atoms with van der Waals surface area (Å²) in [5, 5.41) is 0. The van der Waals surface area contributed by atoms with Gasteiger partial charge in [-0.15, -0.1) is 0 Å². The molecule has 1 aliphatic rings. The van der Waals surface area contributed by atoms with Gasteiger partial charge in [0.25, 0.3) is 0 Å². The number of esters is 1. The fourth-order valence-corrected chi connectivity index (χ4v) is 4.69. The van der Waals surface area contributed by atoms with Crippen LogP contribution in [0.4, 0.5) is 5.82 Å². The first kappa shape index (κ1) is 31.1. The van der Waals surface area contributed by atoms with Crippen molar-refractivity contribution in [2.75, 3.05) is 31.1 Å². The minimum Gasteiger partial charge on any atom is -0.489 e. The van der Waals surface area contributed by atoms with Crippen molar-refractivity contribution in [3.05, 3.63) is 83.3 Å². The van der Waals surface area contributed by atoms with E-state index in [-0.39, 0.29) is 12.1 Å². The molecule has 0 aliphatic carbocycles. The third-order valence-electron chi connectivity index (χ3n) is 6.66. The largest absolute Gasteiger partial charge is 0.489 e. The summed E-state index contributed by atoms with van der Waals surface area (Å²) in [6.45, 7) is 22.0. The van der Waals surface area contributed by atoms with Gasteiger partial charge in [-0.3, -0.25) is 4.90 Å². The van der Waals surface area contributed by atoms with Gasteiger partial charge in [-0.05, 0) is 69.0 Å². The summed E-state index contributed by atoms with van der Waals surface area (Å²) < 4.78 is 11.7. The van der Waals surface area contributed by atoms with Gasteiger partial charge in [-0.25, -0.2) is 9.78 Å². The zero-order valence-electron chi connectivity index (χ0n) is 24.5. The number of hydrogen-bond donors (Lipinski definition) is 0. The highest BCUT2D eigenvalue weighted by atomic mass is 16.5. The highest BCUT2D eigenvalue weighted by Crippen LogP contribution is 2.28. The quantitative estimate of drug-likeness (QED) is 0.171. The summed E-state index contributed by atoms with van der Waals surface area (Å²) in [6.07, 6.45) is 5.34. The molecule has 208 valence electrons. The summed E-state index contributed by atoms with van der Waals surface area (Å²) in [5.74, 6) is 1.29. The number of allylic oxidation sites excluding steroid dienone is 1. The van der Waals surface area contributed by atoms with Crippen molar-refractivity contribution in [2.24, 2.45) is 0 Å². The van der Waals surface area contributed by atoms with E-state index < -0.39 is 0 Å². The molecule has 0 saturated carbocycles. The molecule has 6 heteroatoms. The first-order valence-corrected chi connectivity index (χ1v) is 14.0. The molecule has 0 amide bonds. The van der Waals surface area contributed by atoms with Gasteiger partial charge in [0, 0.05) is 31.9 Å². The minimum absolute atomic E-state index is 0.172. The standard InChI is InChI=1S/C30H41N3O3.C2H6/c1-7-25(27(8-2)35-21-24-13-11-10-12-14-24)19-32(9-3)26-16-18-33(20-26)29-28(23(6)15-17-31-29)30(34)36-22(4)5;1-2/h8,10-15,17,22,26H,2,7,9,16,18-21H2,1,3-6H3;1-2H3/b27-25-;. The lowest BCUT2D eigenvalue weighted by molar-refractivity contribution is 0.0377. The van der Waals surface area contributed by atoms with Crippen molar-refractivity contribution >= 4 is 11.8 Å². The lowest BCUT2D eigenvalue weighted by atomic mass is 10.1. The van der Waals surface area contributed by atoms with Crippen molar-refractivity contribution in [3.63, 3.8) is 0 Å². The van der Waals surface area contributed by atoms with Crippen LogP contribution in [0.1, 0.15) is 75.9 Å². The molecule has 1 aliphatic heterocycles. The van der Waals surface area contributed by atoms with Crippen LogP contribution in [0.2, 0.25) is 0 Å². The van der Waals surface area contributed by atoms with Crippen LogP contribution in [0.15, 0.2) is 66.6 Å². The first-order chi connectivity index (χ1) is 18.4. The Labute approximate surface area is 230 Å². The second-order valence-corrected chi connectivity index (χ2v) is 9.53. The zero-order chi connectivity index (χ0) is 28.1. The summed E-state index contributed by atoms with van der Waals surface area (Å²) in [4.78, 5) is 22.2. The predicted molar refractivity (Wildman–Crippen MR) is 157 cm³/mol. The van der Waals surface area contributed by atoms with Gasteiger partial charge in [0.1, 0.15) is 23.7 Å². The number of pyridine rings is 1. The van der Waals surface area contributed by atoms with E-state index in [9.17, 15) is 4.79 Å². The van der Waals surface area contributed by atoms with E-state index in [0.29, 0.717) is 18.2 Å². The lowest BCUT2D eigenvalue weighted by Crippen LogP contribution is -2.39. The smallest absolute Gasteiger partial charge is 0.342 e. The molecule has 38 heavy (non-hydrogen) atoms. The lowest BCUT2D eigenvalue weighted by Gasteiger charge is -2.29. The van der Waals surface area contributed by atoms with Crippen LogP contribution in [0.5, 0.6) is 0 Å². The van der Waals surface area contributed by atoms with Crippen molar-refractivity contribution < 1.29 is 14.3 Å². The first-order valence-electron chi connectivity index (χ1n) is 14.0. The Bertz CT molecular complexity index is 1050. The molecule has 6 nitrogen and oxygen atoms in total. The number of aromatic nitrogens is 1. The van der Waals surface area contributed by atoms with Gasteiger partial charge >= 0.3 is 5.97 Å². The summed E-state index contributed by atoms with van der Waals surface area (Å²) in [5.41, 5.74) is 3.86. The second kappa shape index (κ2) is 16.0. The highest BCUT2D eigenvalue weighted by molar-refractivity contribution is 5.96. The van der Waals surface area contributed by atoms with Crippen LogP contribution in [0.3, 0.4) is 0 Å². The topological polar surface area (TPSA) is 54.9 Å². The molecule has 1 saturated heterocycles. The predicted octanol–water partition coefficient (Wildman–Crippen LogP) is 6.95. The maximum absolute atomic E-state index is 12.9. The van der Waals surface area contributed by atoms with Gasteiger partial charge in [-0.1, -0.05) is 64.6 Å². The Morgan fingerprint density at radius 1 is 1.21 bits per heavy atom. The number of hydrogen-bond acceptors (Lipinski definition) is 6. The molecular weight excluding hydrogens is 474 g/mol. The number of rotatable bonds is 12. The fraction of sp³-hybridized carbons (Fsp3) is 0.500. The van der Waals surface area contributed by atoms with Crippen LogP contribution < -0.4 is 4.90 Å². The monoisotopic (exact) mass is 521 g/mol. The maximum atomic E-state index is 12.9. The molecule has 2 aromatic rings. The number of aryl methyl sites for hydroxylation is 1. The van der Waals surface area contributed by atoms with Gasteiger partial charge in [0.15, 0.2) is 0 Å². The number of carbonyl (C=O) groups is 1. The molecule has 0 radical (unpaired) electrons. The molecule has 1 aromatic heterocycles. The molecule has 0 bridgehead atoms.